The smallest absolute Gasteiger partial charge is 0.324 e. The lowest BCUT2D eigenvalue weighted by Gasteiger charge is -2.35. The lowest BCUT2D eigenvalue weighted by atomic mass is 9.80. The Hall–Kier alpha value is -1.06. The average Bonchev–Trinajstić information content (AvgIpc) is 2.25. The van der Waals surface area contributed by atoms with E-state index >= 15 is 0 Å². The molecule has 0 spiro atoms. The normalized spacial score (nSPS) is 31.4. The van der Waals surface area contributed by atoms with E-state index in [1.54, 1.807) is 4.90 Å². The van der Waals surface area contributed by atoms with E-state index in [1.807, 2.05) is 0 Å². The summed E-state index contributed by atoms with van der Waals surface area (Å²) in [6.45, 7) is 3.69. The molecule has 0 aromatic rings. The van der Waals surface area contributed by atoms with Gasteiger partial charge in [-0.15, -0.1) is 0 Å². The van der Waals surface area contributed by atoms with Crippen molar-refractivity contribution >= 4 is 11.9 Å². The second-order valence-corrected chi connectivity index (χ2v) is 5.07. The van der Waals surface area contributed by atoms with Gasteiger partial charge in [0.2, 0.25) is 5.91 Å². The molecular weight excluding hydrogens is 204 g/mol. The van der Waals surface area contributed by atoms with Gasteiger partial charge < -0.3 is 4.90 Å². The average molecular weight is 224 g/mol. The summed E-state index contributed by atoms with van der Waals surface area (Å²) in [7, 11) is 0. The summed E-state index contributed by atoms with van der Waals surface area (Å²) >= 11 is 0. The van der Waals surface area contributed by atoms with Crippen LogP contribution >= 0.6 is 0 Å². The molecule has 2 aliphatic rings. The van der Waals surface area contributed by atoms with Gasteiger partial charge in [0.1, 0.15) is 0 Å². The first kappa shape index (κ1) is 11.4. The number of amides is 3. The lowest BCUT2D eigenvalue weighted by molar-refractivity contribution is -0.121. The third-order valence-corrected chi connectivity index (χ3v) is 3.89. The third kappa shape index (κ3) is 2.54. The Bertz CT molecular complexity index is 291. The van der Waals surface area contributed by atoms with Gasteiger partial charge in [0.05, 0.1) is 0 Å². The summed E-state index contributed by atoms with van der Waals surface area (Å²) in [5, 5.41) is 2.38. The maximum absolute atomic E-state index is 11.6. The van der Waals surface area contributed by atoms with Crippen LogP contribution in [0.3, 0.4) is 0 Å². The van der Waals surface area contributed by atoms with E-state index in [1.165, 1.54) is 25.7 Å². The van der Waals surface area contributed by atoms with Crippen LogP contribution in [-0.2, 0) is 4.79 Å². The third-order valence-electron chi connectivity index (χ3n) is 3.89. The van der Waals surface area contributed by atoms with E-state index < -0.39 is 0 Å². The van der Waals surface area contributed by atoms with Crippen molar-refractivity contribution in [2.75, 3.05) is 13.1 Å². The molecule has 1 saturated heterocycles. The molecule has 2 atom stereocenters. The summed E-state index contributed by atoms with van der Waals surface area (Å²) in [6.07, 6.45) is 5.55. The van der Waals surface area contributed by atoms with Crippen LogP contribution in [0.5, 0.6) is 0 Å². The molecule has 1 aliphatic heterocycles. The van der Waals surface area contributed by atoms with Crippen molar-refractivity contribution in [3.05, 3.63) is 0 Å². The number of rotatable bonds is 2. The van der Waals surface area contributed by atoms with Crippen LogP contribution in [0, 0.1) is 11.8 Å². The Morgan fingerprint density at radius 1 is 1.31 bits per heavy atom. The van der Waals surface area contributed by atoms with Gasteiger partial charge >= 0.3 is 6.03 Å². The van der Waals surface area contributed by atoms with Crippen molar-refractivity contribution in [3.63, 3.8) is 0 Å². The molecule has 0 radical (unpaired) electrons. The molecule has 4 heteroatoms. The van der Waals surface area contributed by atoms with Crippen LogP contribution in [0.2, 0.25) is 0 Å². The molecule has 1 heterocycles. The fraction of sp³-hybridized carbons (Fsp3) is 0.833. The highest BCUT2D eigenvalue weighted by Gasteiger charge is 2.28. The van der Waals surface area contributed by atoms with Gasteiger partial charge in [-0.3, -0.25) is 10.1 Å². The summed E-state index contributed by atoms with van der Waals surface area (Å²) in [5.41, 5.74) is 0. The molecule has 1 saturated carbocycles. The summed E-state index contributed by atoms with van der Waals surface area (Å²) in [6, 6.07) is -0.200. The highest BCUT2D eigenvalue weighted by atomic mass is 16.2. The van der Waals surface area contributed by atoms with Crippen molar-refractivity contribution in [3.8, 4) is 0 Å². The Morgan fingerprint density at radius 3 is 2.75 bits per heavy atom. The Labute approximate surface area is 96.4 Å². The van der Waals surface area contributed by atoms with Crippen LogP contribution in [0.25, 0.3) is 0 Å². The van der Waals surface area contributed by atoms with E-state index in [2.05, 4.69) is 12.2 Å². The van der Waals surface area contributed by atoms with Crippen molar-refractivity contribution < 1.29 is 9.59 Å². The Morgan fingerprint density at radius 2 is 2.06 bits per heavy atom. The number of imide groups is 1. The van der Waals surface area contributed by atoms with E-state index in [0.29, 0.717) is 24.8 Å². The molecule has 3 amide bonds. The molecule has 0 aromatic heterocycles. The second kappa shape index (κ2) is 4.85. The number of carbonyl (C=O) groups is 2. The van der Waals surface area contributed by atoms with E-state index in [-0.39, 0.29) is 11.9 Å². The van der Waals surface area contributed by atoms with Crippen LogP contribution in [0.15, 0.2) is 0 Å². The minimum atomic E-state index is -0.200. The van der Waals surface area contributed by atoms with Crippen LogP contribution < -0.4 is 5.32 Å². The molecule has 16 heavy (non-hydrogen) atoms. The maximum Gasteiger partial charge on any atom is 0.324 e. The van der Waals surface area contributed by atoms with E-state index in [4.69, 9.17) is 0 Å². The van der Waals surface area contributed by atoms with Crippen molar-refractivity contribution in [1.29, 1.82) is 0 Å². The first-order valence-electron chi connectivity index (χ1n) is 6.25. The van der Waals surface area contributed by atoms with Gasteiger partial charge in [-0.2, -0.15) is 0 Å². The Kier molecular flexibility index (Phi) is 3.46. The van der Waals surface area contributed by atoms with E-state index in [0.717, 1.165) is 6.54 Å². The standard InChI is InChI=1S/C12H20N2O2/c1-9-4-2-3-5-10(9)8-14-7-6-11(15)13-12(14)16/h9-10H,2-8H2,1H3,(H,13,15,16). The molecule has 1 aliphatic carbocycles. The minimum Gasteiger partial charge on any atom is -0.324 e. The molecule has 0 bridgehead atoms. The zero-order valence-electron chi connectivity index (χ0n) is 9.87. The van der Waals surface area contributed by atoms with Crippen LogP contribution in [0.1, 0.15) is 39.0 Å². The SMILES string of the molecule is CC1CCCCC1CN1CCC(=O)NC1=O. The number of carbonyl (C=O) groups excluding carboxylic acids is 2. The minimum absolute atomic E-state index is 0.141. The molecular formula is C12H20N2O2. The number of nitrogens with zero attached hydrogens (tertiary/aromatic N) is 1. The topological polar surface area (TPSA) is 49.4 Å². The molecule has 2 rings (SSSR count). The highest BCUT2D eigenvalue weighted by molar-refractivity contribution is 5.96. The number of nitrogens with one attached hydrogen (secondary N) is 1. The van der Waals surface area contributed by atoms with Crippen molar-refractivity contribution in [1.82, 2.24) is 10.2 Å². The maximum atomic E-state index is 11.6. The predicted octanol–water partition coefficient (Wildman–Crippen LogP) is 1.75. The zero-order chi connectivity index (χ0) is 11.5. The van der Waals surface area contributed by atoms with Gasteiger partial charge in [-0.1, -0.05) is 26.2 Å². The molecule has 1 N–H and O–H groups in total. The predicted molar refractivity (Wildman–Crippen MR) is 60.9 cm³/mol. The first-order valence-corrected chi connectivity index (χ1v) is 6.25. The van der Waals surface area contributed by atoms with E-state index in [9.17, 15) is 9.59 Å². The van der Waals surface area contributed by atoms with Gasteiger partial charge in [0.15, 0.2) is 0 Å². The number of hydrogen-bond donors (Lipinski definition) is 1. The van der Waals surface area contributed by atoms with Gasteiger partial charge in [0, 0.05) is 19.5 Å². The van der Waals surface area contributed by atoms with Crippen LogP contribution in [-0.4, -0.2) is 29.9 Å². The molecule has 2 fully saturated rings. The van der Waals surface area contributed by atoms with Crippen molar-refractivity contribution in [2.45, 2.75) is 39.0 Å². The number of urea groups is 1. The fourth-order valence-electron chi connectivity index (χ4n) is 2.72. The highest BCUT2D eigenvalue weighted by Crippen LogP contribution is 2.30. The van der Waals surface area contributed by atoms with Crippen LogP contribution in [0.4, 0.5) is 4.79 Å². The summed E-state index contributed by atoms with van der Waals surface area (Å²) in [5.74, 6) is 1.19. The lowest BCUT2D eigenvalue weighted by Crippen LogP contribution is -2.51. The summed E-state index contributed by atoms with van der Waals surface area (Å²) < 4.78 is 0. The van der Waals surface area contributed by atoms with Gasteiger partial charge in [-0.05, 0) is 18.3 Å². The Balaban J connectivity index is 1.88. The largest absolute Gasteiger partial charge is 0.324 e. The van der Waals surface area contributed by atoms with Gasteiger partial charge in [0.25, 0.3) is 0 Å². The second-order valence-electron chi connectivity index (χ2n) is 5.07. The van der Waals surface area contributed by atoms with Crippen molar-refractivity contribution in [2.24, 2.45) is 11.8 Å². The van der Waals surface area contributed by atoms with Gasteiger partial charge in [-0.25, -0.2) is 4.79 Å². The molecule has 0 aromatic carbocycles. The summed E-state index contributed by atoms with van der Waals surface area (Å²) in [4.78, 5) is 24.4. The zero-order valence-corrected chi connectivity index (χ0v) is 9.87. The number of hydrogen-bond acceptors (Lipinski definition) is 2. The fourth-order valence-corrected chi connectivity index (χ4v) is 2.72. The first-order chi connectivity index (χ1) is 7.66. The molecule has 2 unspecified atom stereocenters. The monoisotopic (exact) mass is 224 g/mol. The molecule has 90 valence electrons. The quantitative estimate of drug-likeness (QED) is 0.777. The molecule has 4 nitrogen and oxygen atoms in total.